The van der Waals surface area contributed by atoms with Gasteiger partial charge in [0.1, 0.15) is 18.3 Å². The highest BCUT2D eigenvalue weighted by Gasteiger charge is 2.29. The molecular formula is C27H26N4O8. The number of aliphatic carboxylic acids is 1. The number of amides is 1. The van der Waals surface area contributed by atoms with Gasteiger partial charge >= 0.3 is 12.1 Å². The maximum absolute atomic E-state index is 12.5. The van der Waals surface area contributed by atoms with Crippen LogP contribution in [0, 0.1) is 20.2 Å². The number of non-ortho nitro benzene ring substituents is 1. The highest BCUT2D eigenvalue weighted by molar-refractivity contribution is 5.81. The lowest BCUT2D eigenvalue weighted by Crippen LogP contribution is -2.41. The normalized spacial score (nSPS) is 12.6. The van der Waals surface area contributed by atoms with Crippen LogP contribution in [0.5, 0.6) is 0 Å². The Balaban J connectivity index is 1.26. The standard InChI is InChI=1S/C27H26N4O8/c32-26(33)24(11-5-6-14-28-23-13-12-17(30(35)36)15-25(23)31(37)38)29-27(34)39-16-22-20-9-3-1-7-18(20)19-8-2-4-10-21(19)22/h1-4,7-10,12-13,15,22,24,28H,5-6,11,14,16H2,(H,29,34)(H,32,33)/t24-/m1/s1. The molecular weight excluding hydrogens is 508 g/mol. The summed E-state index contributed by atoms with van der Waals surface area (Å²) in [4.78, 5) is 44.8. The van der Waals surface area contributed by atoms with Gasteiger partial charge < -0.3 is 20.5 Å². The highest BCUT2D eigenvalue weighted by Crippen LogP contribution is 2.44. The Kier molecular flexibility index (Phi) is 8.34. The molecule has 3 aromatic rings. The van der Waals surface area contributed by atoms with Crippen molar-refractivity contribution in [2.75, 3.05) is 18.5 Å². The smallest absolute Gasteiger partial charge is 0.407 e. The summed E-state index contributed by atoms with van der Waals surface area (Å²) >= 11 is 0. The molecule has 0 saturated heterocycles. The van der Waals surface area contributed by atoms with E-state index in [4.69, 9.17) is 4.74 Å². The second kappa shape index (κ2) is 12.0. The molecule has 12 nitrogen and oxygen atoms in total. The second-order valence-electron chi connectivity index (χ2n) is 9.00. The summed E-state index contributed by atoms with van der Waals surface area (Å²) in [7, 11) is 0. The van der Waals surface area contributed by atoms with E-state index in [0.29, 0.717) is 12.8 Å². The van der Waals surface area contributed by atoms with E-state index in [2.05, 4.69) is 10.6 Å². The van der Waals surface area contributed by atoms with E-state index in [1.165, 1.54) is 6.07 Å². The SMILES string of the molecule is O=C(N[C@H](CCCCNc1ccc([N+](=O)[O-])cc1[N+](=O)[O-])C(=O)O)OCC1c2ccccc2-c2ccccc21. The third-order valence-electron chi connectivity index (χ3n) is 6.56. The number of carboxylic acid groups (broad SMARTS) is 1. The molecule has 0 heterocycles. The van der Waals surface area contributed by atoms with E-state index in [1.807, 2.05) is 48.5 Å². The van der Waals surface area contributed by atoms with Crippen LogP contribution in [-0.4, -0.2) is 46.2 Å². The fourth-order valence-electron chi connectivity index (χ4n) is 4.67. The number of hydrogen-bond donors (Lipinski definition) is 3. The minimum atomic E-state index is -1.21. The third-order valence-corrected chi connectivity index (χ3v) is 6.56. The summed E-state index contributed by atoms with van der Waals surface area (Å²) in [6, 6.07) is 17.9. The molecule has 1 atom stereocenters. The molecule has 3 aromatic carbocycles. The van der Waals surface area contributed by atoms with Crippen molar-refractivity contribution in [1.82, 2.24) is 5.32 Å². The van der Waals surface area contributed by atoms with Crippen LogP contribution >= 0.6 is 0 Å². The number of benzene rings is 3. The van der Waals surface area contributed by atoms with E-state index in [1.54, 1.807) is 0 Å². The molecule has 3 N–H and O–H groups in total. The molecule has 1 aliphatic carbocycles. The molecule has 202 valence electrons. The van der Waals surface area contributed by atoms with E-state index >= 15 is 0 Å². The number of carbonyl (C=O) groups excluding carboxylic acids is 1. The van der Waals surface area contributed by atoms with Gasteiger partial charge in [0.05, 0.1) is 15.9 Å². The maximum Gasteiger partial charge on any atom is 0.407 e. The number of rotatable bonds is 12. The first-order valence-electron chi connectivity index (χ1n) is 12.3. The minimum absolute atomic E-state index is 0.0597. The van der Waals surface area contributed by atoms with Crippen molar-refractivity contribution >= 4 is 29.1 Å². The number of anilines is 1. The first-order chi connectivity index (χ1) is 18.8. The lowest BCUT2D eigenvalue weighted by Gasteiger charge is -2.17. The first kappa shape index (κ1) is 27.0. The van der Waals surface area contributed by atoms with Crippen molar-refractivity contribution in [2.24, 2.45) is 0 Å². The highest BCUT2D eigenvalue weighted by atomic mass is 16.6. The van der Waals surface area contributed by atoms with Crippen LogP contribution in [-0.2, 0) is 9.53 Å². The monoisotopic (exact) mass is 534 g/mol. The third kappa shape index (κ3) is 6.29. The number of nitro benzene ring substituents is 2. The Morgan fingerprint density at radius 2 is 1.56 bits per heavy atom. The van der Waals surface area contributed by atoms with Crippen LogP contribution in [0.15, 0.2) is 66.7 Å². The van der Waals surface area contributed by atoms with Crippen LogP contribution < -0.4 is 10.6 Å². The molecule has 4 rings (SSSR count). The predicted molar refractivity (Wildman–Crippen MR) is 142 cm³/mol. The number of nitrogens with one attached hydrogen (secondary N) is 2. The zero-order chi connectivity index (χ0) is 27.9. The topological polar surface area (TPSA) is 174 Å². The molecule has 0 fully saturated rings. The summed E-state index contributed by atoms with van der Waals surface area (Å²) in [5, 5.41) is 36.9. The lowest BCUT2D eigenvalue weighted by atomic mass is 9.98. The summed E-state index contributed by atoms with van der Waals surface area (Å²) in [5.74, 6) is -1.36. The van der Waals surface area contributed by atoms with Gasteiger partial charge in [-0.2, -0.15) is 0 Å². The van der Waals surface area contributed by atoms with Crippen molar-refractivity contribution in [1.29, 1.82) is 0 Å². The average molecular weight is 535 g/mol. The number of alkyl carbamates (subject to hydrolysis) is 1. The summed E-state index contributed by atoms with van der Waals surface area (Å²) in [6.07, 6.45) is 0.103. The zero-order valence-corrected chi connectivity index (χ0v) is 20.7. The number of fused-ring (bicyclic) bond motifs is 3. The van der Waals surface area contributed by atoms with Crippen LogP contribution in [0.3, 0.4) is 0 Å². The molecule has 12 heteroatoms. The molecule has 39 heavy (non-hydrogen) atoms. The zero-order valence-electron chi connectivity index (χ0n) is 20.7. The molecule has 0 bridgehead atoms. The molecule has 0 aromatic heterocycles. The summed E-state index contributed by atoms with van der Waals surface area (Å²) in [5.41, 5.74) is 3.55. The van der Waals surface area contributed by atoms with Gasteiger partial charge in [-0.1, -0.05) is 48.5 Å². The average Bonchev–Trinajstić information content (AvgIpc) is 3.24. The van der Waals surface area contributed by atoms with Gasteiger partial charge in [0.25, 0.3) is 11.4 Å². The Hall–Kier alpha value is -5.00. The lowest BCUT2D eigenvalue weighted by molar-refractivity contribution is -0.393. The van der Waals surface area contributed by atoms with Crippen LogP contribution in [0.2, 0.25) is 0 Å². The Morgan fingerprint density at radius 3 is 2.15 bits per heavy atom. The van der Waals surface area contributed by atoms with E-state index in [0.717, 1.165) is 34.4 Å². The fourth-order valence-corrected chi connectivity index (χ4v) is 4.67. The van der Waals surface area contributed by atoms with E-state index in [9.17, 15) is 34.9 Å². The molecule has 0 spiro atoms. The van der Waals surface area contributed by atoms with Gasteiger partial charge in [-0.3, -0.25) is 20.2 Å². The van der Waals surface area contributed by atoms with E-state index < -0.39 is 39.3 Å². The number of ether oxygens (including phenoxy) is 1. The van der Waals surface area contributed by atoms with Gasteiger partial charge in [-0.15, -0.1) is 0 Å². The predicted octanol–water partition coefficient (Wildman–Crippen LogP) is 5.08. The summed E-state index contributed by atoms with van der Waals surface area (Å²) < 4.78 is 5.43. The molecule has 1 aliphatic rings. The minimum Gasteiger partial charge on any atom is -0.480 e. The van der Waals surface area contributed by atoms with Crippen LogP contribution in [0.25, 0.3) is 11.1 Å². The molecule has 0 saturated carbocycles. The molecule has 0 unspecified atom stereocenters. The molecule has 0 radical (unpaired) electrons. The number of hydrogen-bond acceptors (Lipinski definition) is 8. The Morgan fingerprint density at radius 1 is 0.923 bits per heavy atom. The van der Waals surface area contributed by atoms with Gasteiger partial charge in [-0.05, 0) is 47.6 Å². The molecule has 1 amide bonds. The van der Waals surface area contributed by atoms with Gasteiger partial charge in [0.2, 0.25) is 0 Å². The second-order valence-corrected chi connectivity index (χ2v) is 9.00. The van der Waals surface area contributed by atoms with Crippen molar-refractivity contribution in [3.05, 3.63) is 98.1 Å². The van der Waals surface area contributed by atoms with Crippen LogP contribution in [0.4, 0.5) is 21.9 Å². The Labute approximate surface area is 222 Å². The van der Waals surface area contributed by atoms with Crippen molar-refractivity contribution in [3.8, 4) is 11.1 Å². The van der Waals surface area contributed by atoms with E-state index in [-0.39, 0.29) is 31.2 Å². The number of carbonyl (C=O) groups is 2. The largest absolute Gasteiger partial charge is 0.480 e. The van der Waals surface area contributed by atoms with Gasteiger partial charge in [0, 0.05) is 18.5 Å². The number of unbranched alkanes of at least 4 members (excludes halogenated alkanes) is 1. The van der Waals surface area contributed by atoms with Crippen LogP contribution in [0.1, 0.15) is 36.3 Å². The summed E-state index contributed by atoms with van der Waals surface area (Å²) in [6.45, 7) is 0.320. The van der Waals surface area contributed by atoms with Gasteiger partial charge in [-0.25, -0.2) is 9.59 Å². The van der Waals surface area contributed by atoms with Crippen molar-refractivity contribution in [3.63, 3.8) is 0 Å². The first-order valence-corrected chi connectivity index (χ1v) is 12.3. The quantitative estimate of drug-likeness (QED) is 0.163. The fraction of sp³-hybridized carbons (Fsp3) is 0.259. The van der Waals surface area contributed by atoms with Crippen molar-refractivity contribution < 1.29 is 29.3 Å². The van der Waals surface area contributed by atoms with Gasteiger partial charge in [0.15, 0.2) is 0 Å². The number of nitro groups is 2. The van der Waals surface area contributed by atoms with Crippen molar-refractivity contribution in [2.45, 2.75) is 31.2 Å². The maximum atomic E-state index is 12.5. The number of carboxylic acids is 1. The molecule has 0 aliphatic heterocycles. The Bertz CT molecular complexity index is 1360. The number of nitrogens with zero attached hydrogens (tertiary/aromatic N) is 2.